The summed E-state index contributed by atoms with van der Waals surface area (Å²) in [4.78, 5) is 2.34. The van der Waals surface area contributed by atoms with Crippen LogP contribution in [0.15, 0.2) is 158 Å². The average Bonchev–Trinajstić information content (AvgIpc) is 3.00. The summed E-state index contributed by atoms with van der Waals surface area (Å²) in [6.07, 6.45) is 0. The lowest BCUT2D eigenvalue weighted by Crippen LogP contribution is -2.13. The number of nitrogens with zero attached hydrogens (tertiary/aromatic N) is 1. The summed E-state index contributed by atoms with van der Waals surface area (Å²) in [7, 11) is 2.18. The van der Waals surface area contributed by atoms with Crippen molar-refractivity contribution in [3.8, 4) is 33.4 Å². The van der Waals surface area contributed by atoms with E-state index >= 15 is 0 Å². The van der Waals surface area contributed by atoms with Crippen molar-refractivity contribution in [2.45, 2.75) is 0 Å². The third-order valence-electron chi connectivity index (χ3n) is 7.03. The van der Waals surface area contributed by atoms with E-state index in [4.69, 9.17) is 0 Å². The molecule has 0 atom stereocenters. The highest BCUT2D eigenvalue weighted by Gasteiger charge is 2.15. The first-order chi connectivity index (χ1) is 18.8. The Kier molecular flexibility index (Phi) is 6.61. The van der Waals surface area contributed by atoms with Gasteiger partial charge in [-0.1, -0.05) is 127 Å². The summed E-state index contributed by atoms with van der Waals surface area (Å²) in [5, 5.41) is 0. The molecule has 38 heavy (non-hydrogen) atoms. The van der Waals surface area contributed by atoms with Gasteiger partial charge in [0.25, 0.3) is 0 Å². The molecule has 180 valence electrons. The molecule has 6 aromatic rings. The molecule has 0 bridgehead atoms. The predicted octanol–water partition coefficient (Wildman–Crippen LogP) is 8.42. The fourth-order valence-corrected chi connectivity index (χ4v) is 4.99. The molecule has 0 aliphatic carbocycles. The van der Waals surface area contributed by atoms with Crippen LogP contribution in [0.3, 0.4) is 0 Å². The predicted molar refractivity (Wildman–Crippen MR) is 166 cm³/mol. The fourth-order valence-electron chi connectivity index (χ4n) is 4.99. The van der Waals surface area contributed by atoms with E-state index in [1.807, 2.05) is 0 Å². The number of hydrogen-bond acceptors (Lipinski definition) is 1. The fraction of sp³-hybridized carbons (Fsp3) is 0. The summed E-state index contributed by atoms with van der Waals surface area (Å²) in [5.74, 6) is 0. The molecule has 6 rings (SSSR count). The second-order valence-electron chi connectivity index (χ2n) is 9.53. The van der Waals surface area contributed by atoms with Crippen molar-refractivity contribution >= 4 is 30.4 Å². The van der Waals surface area contributed by atoms with Crippen molar-refractivity contribution in [1.29, 1.82) is 0 Å². The number of hydrogen-bond donors (Lipinski definition) is 0. The van der Waals surface area contributed by atoms with Crippen LogP contribution in [0.25, 0.3) is 33.4 Å². The van der Waals surface area contributed by atoms with E-state index in [0.29, 0.717) is 0 Å². The van der Waals surface area contributed by atoms with Gasteiger partial charge in [0.2, 0.25) is 0 Å². The summed E-state index contributed by atoms with van der Waals surface area (Å²) < 4.78 is 0. The highest BCUT2D eigenvalue weighted by Crippen LogP contribution is 2.37. The van der Waals surface area contributed by atoms with E-state index in [9.17, 15) is 0 Å². The molecule has 0 aliphatic heterocycles. The Balaban J connectivity index is 1.44. The second kappa shape index (κ2) is 10.7. The first kappa shape index (κ1) is 23.6. The number of anilines is 3. The molecule has 1 nitrogen and oxygen atoms in total. The van der Waals surface area contributed by atoms with Crippen LogP contribution in [-0.4, -0.2) is 7.85 Å². The lowest BCUT2D eigenvalue weighted by Gasteiger charge is -2.27. The van der Waals surface area contributed by atoms with Crippen molar-refractivity contribution in [3.63, 3.8) is 0 Å². The normalized spacial score (nSPS) is 10.7. The Morgan fingerprint density at radius 3 is 1.16 bits per heavy atom. The van der Waals surface area contributed by atoms with Crippen LogP contribution in [0, 0.1) is 0 Å². The Morgan fingerprint density at radius 1 is 0.342 bits per heavy atom. The van der Waals surface area contributed by atoms with E-state index in [1.165, 1.54) is 38.8 Å². The van der Waals surface area contributed by atoms with E-state index < -0.39 is 0 Å². The minimum absolute atomic E-state index is 1.13. The van der Waals surface area contributed by atoms with Crippen LogP contribution in [0.2, 0.25) is 0 Å². The SMILES string of the molecule is Bc1ccc(N(c2ccc(-c3ccccc3)cc2)c2ccc(-c3ccccc3)cc2)cc1-c1ccccc1. The van der Waals surface area contributed by atoms with Crippen LogP contribution < -0.4 is 10.4 Å². The minimum atomic E-state index is 1.13. The van der Waals surface area contributed by atoms with Gasteiger partial charge in [0, 0.05) is 17.1 Å². The maximum Gasteiger partial charge on any atom is 0.140 e. The van der Waals surface area contributed by atoms with Gasteiger partial charge < -0.3 is 4.90 Å². The molecule has 0 radical (unpaired) electrons. The van der Waals surface area contributed by atoms with E-state index in [1.54, 1.807) is 0 Å². The van der Waals surface area contributed by atoms with Crippen LogP contribution in [0.1, 0.15) is 0 Å². The van der Waals surface area contributed by atoms with Gasteiger partial charge in [-0.05, 0) is 69.8 Å². The maximum absolute atomic E-state index is 2.34. The van der Waals surface area contributed by atoms with E-state index in [-0.39, 0.29) is 0 Å². The smallest absolute Gasteiger partial charge is 0.140 e. The third kappa shape index (κ3) is 4.90. The second-order valence-corrected chi connectivity index (χ2v) is 9.53. The molecule has 0 saturated heterocycles. The monoisotopic (exact) mass is 485 g/mol. The van der Waals surface area contributed by atoms with Gasteiger partial charge in [0.1, 0.15) is 7.85 Å². The lowest BCUT2D eigenvalue weighted by atomic mass is 9.86. The molecule has 2 heteroatoms. The molecule has 6 aromatic carbocycles. The Hall–Kier alpha value is -4.82. The van der Waals surface area contributed by atoms with E-state index in [0.717, 1.165) is 17.1 Å². The van der Waals surface area contributed by atoms with Crippen molar-refractivity contribution in [2.75, 3.05) is 4.90 Å². The molecule has 0 aromatic heterocycles. The van der Waals surface area contributed by atoms with Gasteiger partial charge in [-0.3, -0.25) is 0 Å². The highest BCUT2D eigenvalue weighted by molar-refractivity contribution is 6.36. The minimum Gasteiger partial charge on any atom is -0.310 e. The molecule has 0 amide bonds. The van der Waals surface area contributed by atoms with Crippen LogP contribution in [-0.2, 0) is 0 Å². The third-order valence-corrected chi connectivity index (χ3v) is 7.03. The van der Waals surface area contributed by atoms with Crippen molar-refractivity contribution in [1.82, 2.24) is 0 Å². The van der Waals surface area contributed by atoms with E-state index in [2.05, 4.69) is 170 Å². The number of rotatable bonds is 6. The van der Waals surface area contributed by atoms with Gasteiger partial charge in [-0.2, -0.15) is 0 Å². The summed E-state index contributed by atoms with van der Waals surface area (Å²) in [6, 6.07) is 56.2. The topological polar surface area (TPSA) is 3.24 Å². The van der Waals surface area contributed by atoms with Crippen molar-refractivity contribution in [2.24, 2.45) is 0 Å². The Bertz CT molecular complexity index is 1540. The van der Waals surface area contributed by atoms with Gasteiger partial charge in [-0.15, -0.1) is 0 Å². The lowest BCUT2D eigenvalue weighted by molar-refractivity contribution is 1.29. The molecular formula is C36H28BN. The molecule has 0 aliphatic rings. The van der Waals surface area contributed by atoms with Gasteiger partial charge in [0.15, 0.2) is 0 Å². The Labute approximate surface area is 226 Å². The van der Waals surface area contributed by atoms with Crippen molar-refractivity contribution in [3.05, 3.63) is 158 Å². The zero-order valence-electron chi connectivity index (χ0n) is 21.5. The molecule has 0 heterocycles. The van der Waals surface area contributed by atoms with Gasteiger partial charge >= 0.3 is 0 Å². The first-order valence-electron chi connectivity index (χ1n) is 13.0. The standard InChI is InChI=1S/C36H28BN/c37-36-25-24-34(26-35(36)31-14-8-3-9-15-31)38(32-20-16-29(17-21-32)27-10-4-1-5-11-27)33-22-18-30(19-23-33)28-12-6-2-7-13-28/h1-26H,37H2. The van der Waals surface area contributed by atoms with Crippen LogP contribution in [0.5, 0.6) is 0 Å². The van der Waals surface area contributed by atoms with Crippen molar-refractivity contribution < 1.29 is 0 Å². The zero-order valence-corrected chi connectivity index (χ0v) is 21.5. The molecule has 0 spiro atoms. The van der Waals surface area contributed by atoms with Crippen LogP contribution >= 0.6 is 0 Å². The van der Waals surface area contributed by atoms with Gasteiger partial charge in [-0.25, -0.2) is 0 Å². The maximum atomic E-state index is 2.34. The summed E-state index contributed by atoms with van der Waals surface area (Å²) >= 11 is 0. The number of benzene rings is 6. The molecule has 0 unspecified atom stereocenters. The molecule has 0 N–H and O–H groups in total. The largest absolute Gasteiger partial charge is 0.310 e. The quantitative estimate of drug-likeness (QED) is 0.214. The zero-order chi connectivity index (χ0) is 25.7. The Morgan fingerprint density at radius 2 is 0.711 bits per heavy atom. The van der Waals surface area contributed by atoms with Crippen LogP contribution in [0.4, 0.5) is 17.1 Å². The summed E-state index contributed by atoms with van der Waals surface area (Å²) in [6.45, 7) is 0. The summed E-state index contributed by atoms with van der Waals surface area (Å²) in [5.41, 5.74) is 12.0. The molecule has 0 fully saturated rings. The molecular weight excluding hydrogens is 457 g/mol. The van der Waals surface area contributed by atoms with Gasteiger partial charge in [0.05, 0.1) is 0 Å². The first-order valence-corrected chi connectivity index (χ1v) is 13.0. The average molecular weight is 485 g/mol. The molecule has 0 saturated carbocycles. The highest BCUT2D eigenvalue weighted by atomic mass is 15.1.